The van der Waals surface area contributed by atoms with E-state index in [1.54, 1.807) is 0 Å². The Balaban J connectivity index is 1.01. The second-order valence-corrected chi connectivity index (χ2v) is 24.2. The molecule has 2 aromatic heterocycles. The molecule has 378 valence electrons. The van der Waals surface area contributed by atoms with E-state index in [4.69, 9.17) is 0 Å². The molecule has 12 aromatic rings. The van der Waals surface area contributed by atoms with Crippen LogP contribution in [0.2, 0.25) is 0 Å². The molecule has 4 heteroatoms. The second kappa shape index (κ2) is 16.6. The van der Waals surface area contributed by atoms with E-state index >= 15 is 0 Å². The van der Waals surface area contributed by atoms with Gasteiger partial charge in [-0.05, 0) is 210 Å². The van der Waals surface area contributed by atoms with Gasteiger partial charge in [-0.15, -0.1) is 0 Å². The van der Waals surface area contributed by atoms with Gasteiger partial charge in [0, 0.05) is 58.4 Å². The van der Waals surface area contributed by atoms with Crippen molar-refractivity contribution in [3.05, 3.63) is 218 Å². The molecular formula is C74H62N4. The summed E-state index contributed by atoms with van der Waals surface area (Å²) in [6, 6.07) is 70.4. The van der Waals surface area contributed by atoms with Crippen molar-refractivity contribution >= 4 is 76.6 Å². The average molecular weight is 1010 g/mol. The van der Waals surface area contributed by atoms with Gasteiger partial charge in [-0.25, -0.2) is 0 Å². The Bertz CT molecular complexity index is 4140. The molecule has 0 radical (unpaired) electrons. The summed E-state index contributed by atoms with van der Waals surface area (Å²) in [5.41, 5.74) is 18.0. The minimum Gasteiger partial charge on any atom is -0.334 e. The Kier molecular flexibility index (Phi) is 9.74. The van der Waals surface area contributed by atoms with Crippen molar-refractivity contribution in [1.29, 1.82) is 0 Å². The molecule has 4 heterocycles. The number of aromatic nitrogens is 2. The molecule has 0 bridgehead atoms. The fourth-order valence-electron chi connectivity index (χ4n) is 16.4. The molecule has 2 saturated carbocycles. The van der Waals surface area contributed by atoms with E-state index in [1.165, 1.54) is 158 Å². The summed E-state index contributed by atoms with van der Waals surface area (Å²) < 4.78 is 0. The normalized spacial score (nSPS) is 22.6. The van der Waals surface area contributed by atoms with E-state index in [9.17, 15) is 0 Å². The third-order valence-electron chi connectivity index (χ3n) is 20.7. The molecule has 0 N–H and O–H groups in total. The van der Waals surface area contributed by atoms with Crippen LogP contribution in [0, 0.1) is 0 Å². The van der Waals surface area contributed by atoms with Crippen molar-refractivity contribution < 1.29 is 0 Å². The highest BCUT2D eigenvalue weighted by molar-refractivity contribution is 6.33. The number of benzene rings is 10. The molecule has 0 spiro atoms. The first kappa shape index (κ1) is 45.8. The maximum Gasteiger partial charge on any atom is 0.0517 e. The van der Waals surface area contributed by atoms with Gasteiger partial charge >= 0.3 is 0 Å². The number of hydrogen-bond donors (Lipinski definition) is 0. The van der Waals surface area contributed by atoms with Crippen LogP contribution in [0.4, 0.5) is 22.7 Å². The number of fused-ring (bicyclic) bond motifs is 8. The van der Waals surface area contributed by atoms with E-state index in [-0.39, 0.29) is 21.9 Å². The van der Waals surface area contributed by atoms with Crippen molar-refractivity contribution in [3.63, 3.8) is 0 Å². The Labute approximate surface area is 457 Å². The van der Waals surface area contributed by atoms with E-state index in [2.05, 4.69) is 229 Å². The van der Waals surface area contributed by atoms with Crippen LogP contribution in [0.15, 0.2) is 207 Å². The minimum atomic E-state index is -0.0688. The topological polar surface area (TPSA) is 32.3 Å². The molecule has 0 amide bonds. The van der Waals surface area contributed by atoms with Crippen molar-refractivity contribution in [1.82, 2.24) is 9.97 Å². The van der Waals surface area contributed by atoms with Crippen LogP contribution < -0.4 is 9.80 Å². The Morgan fingerprint density at radius 2 is 0.718 bits per heavy atom. The highest BCUT2D eigenvalue weighted by atomic mass is 15.3. The molecule has 16 rings (SSSR count). The quantitative estimate of drug-likeness (QED) is 0.155. The van der Waals surface area contributed by atoms with Gasteiger partial charge in [0.1, 0.15) is 0 Å². The molecule has 0 saturated heterocycles. The zero-order valence-corrected chi connectivity index (χ0v) is 45.1. The molecule has 78 heavy (non-hydrogen) atoms. The first-order valence-electron chi connectivity index (χ1n) is 28.6. The van der Waals surface area contributed by atoms with Gasteiger partial charge in [0.15, 0.2) is 0 Å². The predicted molar refractivity (Wildman–Crippen MR) is 328 cm³/mol. The van der Waals surface area contributed by atoms with Gasteiger partial charge in [0.25, 0.3) is 0 Å². The predicted octanol–water partition coefficient (Wildman–Crippen LogP) is 19.8. The van der Waals surface area contributed by atoms with E-state index in [0.29, 0.717) is 0 Å². The van der Waals surface area contributed by atoms with E-state index < -0.39 is 0 Å². The van der Waals surface area contributed by atoms with Gasteiger partial charge in [-0.2, -0.15) is 0 Å². The summed E-state index contributed by atoms with van der Waals surface area (Å²) in [4.78, 5) is 14.3. The van der Waals surface area contributed by atoms with E-state index in [1.807, 2.05) is 24.8 Å². The van der Waals surface area contributed by atoms with Crippen molar-refractivity contribution in [2.24, 2.45) is 0 Å². The summed E-state index contributed by atoms with van der Waals surface area (Å²) in [6.45, 7) is 10.2. The fraction of sp³-hybridized carbons (Fsp3) is 0.216. The number of hydrogen-bond acceptors (Lipinski definition) is 4. The van der Waals surface area contributed by atoms with Crippen molar-refractivity contribution in [2.45, 2.75) is 101 Å². The van der Waals surface area contributed by atoms with Crippen molar-refractivity contribution in [3.8, 4) is 44.5 Å². The lowest BCUT2D eigenvalue weighted by molar-refractivity contribution is 0.195. The van der Waals surface area contributed by atoms with Gasteiger partial charge in [0.05, 0.1) is 11.1 Å². The van der Waals surface area contributed by atoms with Crippen LogP contribution in [0.25, 0.3) is 98.4 Å². The Morgan fingerprint density at radius 3 is 1.15 bits per heavy atom. The summed E-state index contributed by atoms with van der Waals surface area (Å²) in [7, 11) is 0. The second-order valence-electron chi connectivity index (χ2n) is 24.2. The molecule has 4 atom stereocenters. The van der Waals surface area contributed by atoms with Gasteiger partial charge in [-0.1, -0.05) is 161 Å². The molecule has 10 aromatic carbocycles. The van der Waals surface area contributed by atoms with Crippen LogP contribution in [0.1, 0.15) is 90.2 Å². The molecular weight excluding hydrogens is 945 g/mol. The smallest absolute Gasteiger partial charge is 0.0517 e. The standard InChI is InChI=1S/C74H62N4/c1-71-35-9-11-37-73(71,3)77(51-31-39-75-40-32-51)67-29-23-49(43-65(67)71)61-45-63(55-21-13-17-47-15-5-7-19-53(47)55)59-28-26-58-62(46-64(60-27-25-57(61)69(59)70(58)60)56-22-14-18-48-16-6-8-20-54(48)56)50-24-30-68-66(44-50)72(2)36-10-12-38-74(72,4)78(68)52-33-41-76-42-34-52/h5-8,13-34,39-46H,9-12,35-38H2,1-4H3. The molecule has 4 nitrogen and oxygen atoms in total. The zero-order chi connectivity index (χ0) is 52.1. The minimum absolute atomic E-state index is 0.0400. The SMILES string of the molecule is CC12CCCCC1(C)N(c1ccncc1)c1ccc(-c3cc(-c4cccc5ccccc45)c4ccc5c(-c6ccc7c(c6)C6(C)CCCCC6(C)N7c6ccncc6)cc(-c6cccc7ccccc67)c6ccc3c4c56)cc12. The number of rotatable bonds is 6. The monoisotopic (exact) mass is 1010 g/mol. The third kappa shape index (κ3) is 6.12. The lowest BCUT2D eigenvalue weighted by Gasteiger charge is -2.50. The largest absolute Gasteiger partial charge is 0.334 e. The van der Waals surface area contributed by atoms with Crippen LogP contribution >= 0.6 is 0 Å². The molecule has 2 fully saturated rings. The maximum absolute atomic E-state index is 4.46. The molecule has 2 aliphatic carbocycles. The van der Waals surface area contributed by atoms with Crippen LogP contribution in [-0.4, -0.2) is 21.0 Å². The van der Waals surface area contributed by atoms with Crippen LogP contribution in [0.5, 0.6) is 0 Å². The molecule has 4 aliphatic rings. The maximum atomic E-state index is 4.46. The molecule has 4 unspecified atom stereocenters. The first-order chi connectivity index (χ1) is 38.2. The number of nitrogens with zero attached hydrogens (tertiary/aromatic N) is 4. The van der Waals surface area contributed by atoms with Gasteiger partial charge in [-0.3, -0.25) is 9.97 Å². The Morgan fingerprint density at radius 1 is 0.333 bits per heavy atom. The summed E-state index contributed by atoms with van der Waals surface area (Å²) in [6.07, 6.45) is 17.4. The summed E-state index contributed by atoms with van der Waals surface area (Å²) in [5, 5.41) is 12.9. The van der Waals surface area contributed by atoms with Crippen LogP contribution in [0.3, 0.4) is 0 Å². The average Bonchev–Trinajstić information content (AvgIpc) is 2.90. The zero-order valence-electron chi connectivity index (χ0n) is 45.1. The molecule has 2 aliphatic heterocycles. The summed E-state index contributed by atoms with van der Waals surface area (Å²) >= 11 is 0. The third-order valence-corrected chi connectivity index (χ3v) is 20.7. The number of anilines is 4. The van der Waals surface area contributed by atoms with Gasteiger partial charge in [0.2, 0.25) is 0 Å². The van der Waals surface area contributed by atoms with Gasteiger partial charge < -0.3 is 9.80 Å². The van der Waals surface area contributed by atoms with E-state index in [0.717, 1.165) is 25.7 Å². The highest BCUT2D eigenvalue weighted by Gasteiger charge is 2.59. The fourth-order valence-corrected chi connectivity index (χ4v) is 16.4. The van der Waals surface area contributed by atoms with Crippen LogP contribution in [-0.2, 0) is 10.8 Å². The van der Waals surface area contributed by atoms with Crippen molar-refractivity contribution in [2.75, 3.05) is 9.80 Å². The Hall–Kier alpha value is -8.34. The lowest BCUT2D eigenvalue weighted by atomic mass is 9.61. The lowest BCUT2D eigenvalue weighted by Crippen LogP contribution is -2.54. The number of pyridine rings is 2. The first-order valence-corrected chi connectivity index (χ1v) is 28.6. The highest BCUT2D eigenvalue weighted by Crippen LogP contribution is 2.63. The summed E-state index contributed by atoms with van der Waals surface area (Å²) in [5.74, 6) is 0.